The van der Waals surface area contributed by atoms with E-state index in [-0.39, 0.29) is 11.8 Å². The van der Waals surface area contributed by atoms with Crippen molar-refractivity contribution in [2.45, 2.75) is 213 Å². The molecule has 1 rings (SSSR count). The molecule has 0 bridgehead atoms. The second-order valence-corrected chi connectivity index (χ2v) is 16.5. The first-order valence-corrected chi connectivity index (χ1v) is 21.1. The maximum atomic E-state index is 13.6. The van der Waals surface area contributed by atoms with Crippen LogP contribution in [0.3, 0.4) is 0 Å². The highest BCUT2D eigenvalue weighted by atomic mass is 32.2. The monoisotopic (exact) mass is 663 g/mol. The van der Waals surface area contributed by atoms with Gasteiger partial charge in [-0.2, -0.15) is 0 Å². The van der Waals surface area contributed by atoms with E-state index in [2.05, 4.69) is 51.6 Å². The molecule has 5 nitrogen and oxygen atoms in total. The molecule has 1 aromatic carbocycles. The van der Waals surface area contributed by atoms with E-state index in [9.17, 15) is 13.2 Å². The van der Waals surface area contributed by atoms with Crippen LogP contribution >= 0.6 is 0 Å². The summed E-state index contributed by atoms with van der Waals surface area (Å²) in [7, 11) is -3.79. The lowest BCUT2D eigenvalue weighted by atomic mass is 9.93. The van der Waals surface area contributed by atoms with E-state index in [1.807, 2.05) is 18.2 Å². The van der Waals surface area contributed by atoms with Gasteiger partial charge in [-0.1, -0.05) is 201 Å². The number of para-hydroxylation sites is 1. The number of carbonyl (C=O) groups is 1. The third-order valence-corrected chi connectivity index (χ3v) is 11.4. The van der Waals surface area contributed by atoms with Crippen molar-refractivity contribution in [2.24, 2.45) is 0 Å². The van der Waals surface area contributed by atoms with Gasteiger partial charge in [0.1, 0.15) is 0 Å². The molecule has 0 saturated heterocycles. The summed E-state index contributed by atoms with van der Waals surface area (Å²) in [6.45, 7) is 12.9. The fraction of sp³-hybridized carbons (Fsp3) is 0.825. The van der Waals surface area contributed by atoms with Crippen molar-refractivity contribution in [2.75, 3.05) is 5.32 Å². The van der Waals surface area contributed by atoms with Gasteiger partial charge in [-0.25, -0.2) is 17.9 Å². The molecule has 0 aliphatic rings. The van der Waals surface area contributed by atoms with Crippen LogP contribution in [-0.2, 0) is 10.0 Å². The zero-order valence-electron chi connectivity index (χ0n) is 31.1. The molecule has 2 N–H and O–H groups in total. The normalized spacial score (nSPS) is 12.0. The second-order valence-electron chi connectivity index (χ2n) is 14.5. The maximum absolute atomic E-state index is 13.6. The van der Waals surface area contributed by atoms with Gasteiger partial charge in [0.05, 0.1) is 5.25 Å². The van der Waals surface area contributed by atoms with Crippen LogP contribution in [-0.4, -0.2) is 19.7 Å². The van der Waals surface area contributed by atoms with E-state index in [1.54, 1.807) is 0 Å². The smallest absolute Gasteiger partial charge is 0.307 e. The predicted octanol–water partition coefficient (Wildman–Crippen LogP) is 13.2. The summed E-state index contributed by atoms with van der Waals surface area (Å²) in [6.07, 6.45) is 28.6. The van der Waals surface area contributed by atoms with Crippen molar-refractivity contribution in [1.82, 2.24) is 4.72 Å². The first-order chi connectivity index (χ1) is 22.1. The number of sulfonamides is 1. The molecule has 1 aromatic rings. The molecule has 0 atom stereocenters. The molecule has 0 unspecified atom stereocenters. The highest BCUT2D eigenvalue weighted by Crippen LogP contribution is 2.32. The van der Waals surface area contributed by atoms with Crippen LogP contribution in [0.2, 0.25) is 0 Å². The summed E-state index contributed by atoms with van der Waals surface area (Å²) < 4.78 is 29.7. The summed E-state index contributed by atoms with van der Waals surface area (Å²) in [5.41, 5.74) is 2.79. The Bertz CT molecular complexity index is 953. The van der Waals surface area contributed by atoms with Gasteiger partial charge >= 0.3 is 6.03 Å². The topological polar surface area (TPSA) is 75.3 Å². The van der Waals surface area contributed by atoms with Crippen LogP contribution in [0.25, 0.3) is 0 Å². The molecule has 0 heterocycles. The fourth-order valence-corrected chi connectivity index (χ4v) is 8.00. The Kier molecular flexibility index (Phi) is 24.4. The molecule has 0 aromatic heterocycles. The van der Waals surface area contributed by atoms with Gasteiger partial charge in [0.25, 0.3) is 0 Å². The Morgan fingerprint density at radius 2 is 0.891 bits per heavy atom. The van der Waals surface area contributed by atoms with Gasteiger partial charge in [0.15, 0.2) is 0 Å². The van der Waals surface area contributed by atoms with Crippen LogP contribution in [0.4, 0.5) is 10.5 Å². The van der Waals surface area contributed by atoms with Gasteiger partial charge in [-0.15, -0.1) is 0 Å². The molecule has 268 valence electrons. The molecular formula is C40H74N2O3S. The quantitative estimate of drug-likeness (QED) is 0.0838. The van der Waals surface area contributed by atoms with Crippen LogP contribution in [0.5, 0.6) is 0 Å². The van der Waals surface area contributed by atoms with Crippen LogP contribution in [0, 0.1) is 0 Å². The number of hydrogen-bond donors (Lipinski definition) is 2. The fourth-order valence-electron chi connectivity index (χ4n) is 6.57. The van der Waals surface area contributed by atoms with Gasteiger partial charge in [0, 0.05) is 5.69 Å². The summed E-state index contributed by atoms with van der Waals surface area (Å²) >= 11 is 0. The van der Waals surface area contributed by atoms with Crippen molar-refractivity contribution in [3.63, 3.8) is 0 Å². The molecule has 0 radical (unpaired) electrons. The molecular weight excluding hydrogens is 589 g/mol. The summed E-state index contributed by atoms with van der Waals surface area (Å²) in [5, 5.41) is 2.42. The summed E-state index contributed by atoms with van der Waals surface area (Å²) in [4.78, 5) is 13.2. The van der Waals surface area contributed by atoms with E-state index >= 15 is 0 Å². The van der Waals surface area contributed by atoms with Crippen molar-refractivity contribution in [1.29, 1.82) is 0 Å². The standard InChI is InChI=1S/C40H74N2O3S/c1-7-9-11-13-15-17-19-21-23-25-27-30-36(31-28-26-24-22-20-18-16-14-12-10-8-2)46(44,45)42-40(43)41-39-37(34(3)4)32-29-33-38(39)35(5)6/h29,32-36H,7-28,30-31H2,1-6H3,(H2,41,42,43). The minimum Gasteiger partial charge on any atom is -0.307 e. The van der Waals surface area contributed by atoms with E-state index in [4.69, 9.17) is 0 Å². The first kappa shape index (κ1) is 42.5. The lowest BCUT2D eigenvalue weighted by molar-refractivity contribution is 0.256. The van der Waals surface area contributed by atoms with E-state index < -0.39 is 21.3 Å². The van der Waals surface area contributed by atoms with E-state index in [0.29, 0.717) is 12.8 Å². The molecule has 0 saturated carbocycles. The largest absolute Gasteiger partial charge is 0.332 e. The number of urea groups is 1. The Morgan fingerprint density at radius 3 is 1.22 bits per heavy atom. The van der Waals surface area contributed by atoms with Crippen molar-refractivity contribution in [3.8, 4) is 0 Å². The molecule has 0 spiro atoms. The number of carbonyl (C=O) groups excluding carboxylic acids is 1. The first-order valence-electron chi connectivity index (χ1n) is 19.6. The molecule has 0 aliphatic carbocycles. The van der Waals surface area contributed by atoms with Gasteiger partial charge in [-0.3, -0.25) is 0 Å². The number of nitrogens with one attached hydrogen (secondary N) is 2. The summed E-state index contributed by atoms with van der Waals surface area (Å²) in [6, 6.07) is 5.41. The Labute approximate surface area is 286 Å². The van der Waals surface area contributed by atoms with Crippen LogP contribution in [0.1, 0.15) is 219 Å². The number of amides is 2. The Balaban J connectivity index is 2.67. The highest BCUT2D eigenvalue weighted by Gasteiger charge is 2.27. The Hall–Kier alpha value is -1.56. The minimum absolute atomic E-state index is 0.209. The van der Waals surface area contributed by atoms with E-state index in [1.165, 1.54) is 103 Å². The van der Waals surface area contributed by atoms with Gasteiger partial charge in [0.2, 0.25) is 10.0 Å². The number of unbranched alkanes of at least 4 members (excludes halogenated alkanes) is 20. The van der Waals surface area contributed by atoms with Gasteiger partial charge < -0.3 is 5.32 Å². The van der Waals surface area contributed by atoms with Crippen molar-refractivity contribution < 1.29 is 13.2 Å². The second kappa shape index (κ2) is 26.4. The lowest BCUT2D eigenvalue weighted by Gasteiger charge is -2.22. The SMILES string of the molecule is CCCCCCCCCCCCCC(CCCCCCCCCCCCC)S(=O)(=O)NC(=O)Nc1c(C(C)C)cccc1C(C)C. The average molecular weight is 663 g/mol. The molecule has 2 amide bonds. The van der Waals surface area contributed by atoms with Crippen LogP contribution < -0.4 is 10.0 Å². The average Bonchev–Trinajstić information content (AvgIpc) is 3.00. The summed E-state index contributed by atoms with van der Waals surface area (Å²) in [5.74, 6) is 0.418. The minimum atomic E-state index is -3.79. The third-order valence-electron chi connectivity index (χ3n) is 9.54. The molecule has 0 fully saturated rings. The van der Waals surface area contributed by atoms with E-state index in [0.717, 1.165) is 55.3 Å². The molecule has 6 heteroatoms. The molecule has 0 aliphatic heterocycles. The van der Waals surface area contributed by atoms with Crippen molar-refractivity contribution >= 4 is 21.7 Å². The number of anilines is 1. The number of benzene rings is 1. The predicted molar refractivity (Wildman–Crippen MR) is 202 cm³/mol. The maximum Gasteiger partial charge on any atom is 0.332 e. The highest BCUT2D eigenvalue weighted by molar-refractivity contribution is 7.90. The third kappa shape index (κ3) is 19.3. The van der Waals surface area contributed by atoms with Gasteiger partial charge in [-0.05, 0) is 35.8 Å². The number of rotatable bonds is 29. The van der Waals surface area contributed by atoms with Crippen LogP contribution in [0.15, 0.2) is 18.2 Å². The zero-order valence-corrected chi connectivity index (χ0v) is 31.9. The van der Waals surface area contributed by atoms with Crippen molar-refractivity contribution in [3.05, 3.63) is 29.3 Å². The Morgan fingerprint density at radius 1 is 0.565 bits per heavy atom. The zero-order chi connectivity index (χ0) is 34.0. The number of hydrogen-bond acceptors (Lipinski definition) is 3. The molecule has 46 heavy (non-hydrogen) atoms. The lowest BCUT2D eigenvalue weighted by Crippen LogP contribution is -2.41.